The van der Waals surface area contributed by atoms with Crippen molar-refractivity contribution in [2.24, 2.45) is 22.7 Å². The maximum Gasteiger partial charge on any atom is 0.389 e. The average Bonchev–Trinajstić information content (AvgIpc) is 3.52. The summed E-state index contributed by atoms with van der Waals surface area (Å²) >= 11 is 0. The number of hydrogen-bond acceptors (Lipinski definition) is 6. The van der Waals surface area contributed by atoms with Crippen LogP contribution in [0.3, 0.4) is 0 Å². The molecule has 0 bridgehead atoms. The molecule has 2 aromatic heterocycles. The Kier molecular flexibility index (Phi) is 7.10. The number of pyridine rings is 1. The number of hydrazone groups is 1. The molecule has 1 fully saturated rings. The third-order valence-electron chi connectivity index (χ3n) is 5.63. The first-order valence-electron chi connectivity index (χ1n) is 11.1. The van der Waals surface area contributed by atoms with Gasteiger partial charge in [0.2, 0.25) is 0 Å². The van der Waals surface area contributed by atoms with E-state index in [4.69, 9.17) is 16.4 Å². The second-order valence-corrected chi connectivity index (χ2v) is 8.38. The van der Waals surface area contributed by atoms with Crippen LogP contribution in [0.15, 0.2) is 52.5 Å². The number of alkyl halides is 3. The lowest BCUT2D eigenvalue weighted by molar-refractivity contribution is -0.136. The topological polar surface area (TPSA) is 136 Å². The molecule has 9 nitrogen and oxygen atoms in total. The van der Waals surface area contributed by atoms with Crippen molar-refractivity contribution >= 4 is 5.84 Å². The Morgan fingerprint density at radius 3 is 2.63 bits per heavy atom. The number of benzene rings is 1. The summed E-state index contributed by atoms with van der Waals surface area (Å²) in [6, 6.07) is 10.2. The first-order chi connectivity index (χ1) is 16.8. The third kappa shape index (κ3) is 6.21. The first kappa shape index (κ1) is 24.3. The minimum absolute atomic E-state index is 0.00662. The summed E-state index contributed by atoms with van der Waals surface area (Å²) in [6.45, 7) is 0.758. The van der Waals surface area contributed by atoms with Crippen LogP contribution in [-0.4, -0.2) is 33.4 Å². The zero-order chi connectivity index (χ0) is 25.0. The molecule has 4 rings (SSSR count). The number of nitrogens with one attached hydrogen (secondary N) is 2. The molecule has 2 heterocycles. The molecule has 1 aliphatic carbocycles. The van der Waals surface area contributed by atoms with Gasteiger partial charge in [0.15, 0.2) is 5.84 Å². The zero-order valence-corrected chi connectivity index (χ0v) is 18.8. The Balaban J connectivity index is 1.61. The standard InChI is InChI=1S/C23H26F3N7O2/c24-23(25,26)9-1-11-35-16-6-4-15(5-7-16)19-12-17(20(22(34)29-19)21(30-27)31-28)18-8-10-33(32-18)13-14-2-3-14/h4-8,10,12,14H,1-3,9,11,13,27-28H2,(H,29,34)(H,30,31). The number of H-pyrrole nitrogens is 1. The van der Waals surface area contributed by atoms with E-state index >= 15 is 0 Å². The molecule has 12 heteroatoms. The molecule has 35 heavy (non-hydrogen) atoms. The molecule has 1 aromatic carbocycles. The maximum absolute atomic E-state index is 13.0. The highest BCUT2D eigenvalue weighted by atomic mass is 19.4. The summed E-state index contributed by atoms with van der Waals surface area (Å²) < 4.78 is 44.1. The number of rotatable bonds is 9. The molecule has 0 radical (unpaired) electrons. The Morgan fingerprint density at radius 1 is 1.26 bits per heavy atom. The van der Waals surface area contributed by atoms with Crippen molar-refractivity contribution in [3.05, 3.63) is 58.5 Å². The largest absolute Gasteiger partial charge is 0.494 e. The summed E-state index contributed by atoms with van der Waals surface area (Å²) in [6.07, 6.45) is -1.01. The number of aromatic amines is 1. The van der Waals surface area contributed by atoms with Crippen LogP contribution in [-0.2, 0) is 6.54 Å². The summed E-state index contributed by atoms with van der Waals surface area (Å²) in [4.78, 5) is 15.8. The van der Waals surface area contributed by atoms with Crippen LogP contribution in [0, 0.1) is 5.92 Å². The lowest BCUT2D eigenvalue weighted by Gasteiger charge is -2.12. The first-order valence-corrected chi connectivity index (χ1v) is 11.1. The molecule has 0 atom stereocenters. The van der Waals surface area contributed by atoms with E-state index in [0.717, 1.165) is 6.54 Å². The van der Waals surface area contributed by atoms with Gasteiger partial charge in [-0.2, -0.15) is 23.4 Å². The molecule has 0 aliphatic heterocycles. The van der Waals surface area contributed by atoms with Crippen LogP contribution < -0.4 is 27.4 Å². The number of hydrogen-bond donors (Lipinski definition) is 4. The van der Waals surface area contributed by atoms with Gasteiger partial charge in [0.05, 0.1) is 17.9 Å². The third-order valence-corrected chi connectivity index (χ3v) is 5.63. The van der Waals surface area contributed by atoms with Gasteiger partial charge in [0.1, 0.15) is 5.75 Å². The molecule has 1 aliphatic rings. The number of nitrogens with zero attached hydrogens (tertiary/aromatic N) is 3. The van der Waals surface area contributed by atoms with E-state index in [-0.39, 0.29) is 24.4 Å². The van der Waals surface area contributed by atoms with Gasteiger partial charge in [-0.15, -0.1) is 0 Å². The highest BCUT2D eigenvalue weighted by Crippen LogP contribution is 2.31. The lowest BCUT2D eigenvalue weighted by Crippen LogP contribution is -2.37. The van der Waals surface area contributed by atoms with Crippen molar-refractivity contribution in [2.75, 3.05) is 6.61 Å². The smallest absolute Gasteiger partial charge is 0.389 e. The highest BCUT2D eigenvalue weighted by molar-refractivity contribution is 6.03. The van der Waals surface area contributed by atoms with Gasteiger partial charge in [0, 0.05) is 30.4 Å². The molecule has 1 saturated carbocycles. The minimum atomic E-state index is -4.20. The van der Waals surface area contributed by atoms with Crippen molar-refractivity contribution in [1.29, 1.82) is 0 Å². The van der Waals surface area contributed by atoms with Crippen LogP contribution >= 0.6 is 0 Å². The Hall–Kier alpha value is -3.80. The van der Waals surface area contributed by atoms with Crippen LogP contribution in [0.2, 0.25) is 0 Å². The van der Waals surface area contributed by atoms with Gasteiger partial charge >= 0.3 is 6.18 Å². The molecule has 0 unspecified atom stereocenters. The Labute approximate surface area is 198 Å². The fourth-order valence-corrected chi connectivity index (χ4v) is 3.69. The molecule has 6 N–H and O–H groups in total. The van der Waals surface area contributed by atoms with E-state index in [9.17, 15) is 18.0 Å². The van der Waals surface area contributed by atoms with E-state index in [1.807, 2.05) is 16.9 Å². The second kappa shape index (κ2) is 10.2. The average molecular weight is 490 g/mol. The second-order valence-electron chi connectivity index (χ2n) is 8.38. The molecule has 0 spiro atoms. The zero-order valence-electron chi connectivity index (χ0n) is 18.8. The number of halogens is 3. The Morgan fingerprint density at radius 2 is 2.00 bits per heavy atom. The number of ether oxygens (including phenoxy) is 1. The number of aromatic nitrogens is 3. The van der Waals surface area contributed by atoms with Gasteiger partial charge < -0.3 is 21.0 Å². The quantitative estimate of drug-likeness (QED) is 0.120. The molecule has 186 valence electrons. The van der Waals surface area contributed by atoms with E-state index in [1.165, 1.54) is 12.8 Å². The van der Waals surface area contributed by atoms with E-state index < -0.39 is 18.2 Å². The minimum Gasteiger partial charge on any atom is -0.494 e. The van der Waals surface area contributed by atoms with Crippen LogP contribution in [0.5, 0.6) is 5.75 Å². The van der Waals surface area contributed by atoms with Crippen molar-refractivity contribution in [2.45, 2.75) is 38.4 Å². The predicted molar refractivity (Wildman–Crippen MR) is 125 cm³/mol. The fraction of sp³-hybridized carbons (Fsp3) is 0.348. The van der Waals surface area contributed by atoms with Crippen LogP contribution in [0.4, 0.5) is 13.2 Å². The van der Waals surface area contributed by atoms with Crippen molar-refractivity contribution in [3.63, 3.8) is 0 Å². The van der Waals surface area contributed by atoms with Crippen molar-refractivity contribution < 1.29 is 17.9 Å². The predicted octanol–water partition coefficient (Wildman–Crippen LogP) is 3.12. The Bertz CT molecular complexity index is 1250. The van der Waals surface area contributed by atoms with Gasteiger partial charge in [0.25, 0.3) is 5.56 Å². The van der Waals surface area contributed by atoms with Crippen molar-refractivity contribution in [3.8, 4) is 28.3 Å². The SMILES string of the molecule is N/N=C(\NN)c1c(-c2ccn(CC3CC3)n2)cc(-c2ccc(OCCCC(F)(F)F)cc2)[nH]c1=O. The summed E-state index contributed by atoms with van der Waals surface area (Å²) in [7, 11) is 0. The number of amidine groups is 1. The van der Waals surface area contributed by atoms with Gasteiger partial charge in [-0.05, 0) is 67.1 Å². The monoisotopic (exact) mass is 489 g/mol. The van der Waals surface area contributed by atoms with Crippen LogP contribution in [0.1, 0.15) is 31.2 Å². The number of hydrazine groups is 1. The molecule has 3 aromatic rings. The highest BCUT2D eigenvalue weighted by Gasteiger charge is 2.26. The van der Waals surface area contributed by atoms with Gasteiger partial charge in [-0.25, -0.2) is 5.84 Å². The van der Waals surface area contributed by atoms with Gasteiger partial charge in [-0.1, -0.05) is 0 Å². The lowest BCUT2D eigenvalue weighted by atomic mass is 10.0. The van der Waals surface area contributed by atoms with Crippen molar-refractivity contribution in [1.82, 2.24) is 20.2 Å². The molecule has 0 amide bonds. The van der Waals surface area contributed by atoms with Gasteiger partial charge in [-0.3, -0.25) is 9.48 Å². The molecule has 0 saturated heterocycles. The van der Waals surface area contributed by atoms with E-state index in [2.05, 4.69) is 20.6 Å². The van der Waals surface area contributed by atoms with E-state index in [1.54, 1.807) is 30.3 Å². The number of nitrogens with two attached hydrogens (primary N) is 2. The molecular weight excluding hydrogens is 463 g/mol. The van der Waals surface area contributed by atoms with E-state index in [0.29, 0.717) is 34.2 Å². The normalized spacial score (nSPS) is 14.2. The maximum atomic E-state index is 13.0. The van der Waals surface area contributed by atoms with Crippen LogP contribution in [0.25, 0.3) is 22.5 Å². The summed E-state index contributed by atoms with van der Waals surface area (Å²) in [5.74, 6) is 12.0. The molecular formula is C23H26F3N7O2. The summed E-state index contributed by atoms with van der Waals surface area (Å²) in [5.41, 5.74) is 4.26. The fourth-order valence-electron chi connectivity index (χ4n) is 3.69. The summed E-state index contributed by atoms with van der Waals surface area (Å²) in [5, 5.41) is 8.21.